The molecule has 8 rings (SSSR count). The number of hydrogen-bond donors (Lipinski definition) is 1. The number of benzene rings is 2. The number of para-hydroxylation sites is 2. The Morgan fingerprint density at radius 1 is 0.667 bits per heavy atom. The van der Waals surface area contributed by atoms with Crippen molar-refractivity contribution in [3.05, 3.63) is 148 Å². The fourth-order valence-corrected chi connectivity index (χ4v) is 5.78. The molecule has 6 heteroatoms. The van der Waals surface area contributed by atoms with Crippen molar-refractivity contribution in [3.63, 3.8) is 0 Å². The summed E-state index contributed by atoms with van der Waals surface area (Å²) in [5, 5.41) is 0. The van der Waals surface area contributed by atoms with Gasteiger partial charge in [-0.25, -0.2) is 9.97 Å². The maximum Gasteiger partial charge on any atom is 0.219 e. The Kier molecular flexibility index (Phi) is 13.8. The minimum absolute atomic E-state index is 0. The second-order valence-electron chi connectivity index (χ2n) is 11.8. The van der Waals surface area contributed by atoms with Crippen molar-refractivity contribution in [1.29, 1.82) is 0 Å². The van der Waals surface area contributed by atoms with E-state index in [9.17, 15) is 0 Å². The highest BCUT2D eigenvalue weighted by Crippen LogP contribution is 2.30. The van der Waals surface area contributed by atoms with Crippen LogP contribution in [0.15, 0.2) is 115 Å². The number of nitrogens with two attached hydrogens (primary N) is 1. The van der Waals surface area contributed by atoms with Crippen molar-refractivity contribution in [2.24, 2.45) is 11.7 Å². The maximum absolute atomic E-state index is 5.70. The molecule has 3 aliphatic rings. The molecule has 1 atom stereocenters. The molecule has 0 fully saturated rings. The van der Waals surface area contributed by atoms with Crippen LogP contribution in [-0.2, 0) is 25.7 Å². The van der Waals surface area contributed by atoms with E-state index >= 15 is 0 Å². The van der Waals surface area contributed by atoms with Crippen LogP contribution in [0.4, 0.5) is 0 Å². The first kappa shape index (κ1) is 37.4. The molecule has 2 N–H and O–H groups in total. The highest BCUT2D eigenvalue weighted by atomic mass is 16.5. The zero-order valence-corrected chi connectivity index (χ0v) is 25.8. The lowest BCUT2D eigenvalue weighted by Crippen LogP contribution is -2.02. The first-order valence-corrected chi connectivity index (χ1v) is 15.4. The Bertz CT molecular complexity index is 1790. The van der Waals surface area contributed by atoms with Crippen LogP contribution in [0.3, 0.4) is 0 Å². The fourth-order valence-electron chi connectivity index (χ4n) is 5.78. The monoisotopic (exact) mass is 642 g/mol. The number of aromatic nitrogens is 3. The Morgan fingerprint density at radius 3 is 1.77 bits per heavy atom. The Labute approximate surface area is 287 Å². The molecule has 0 amide bonds. The zero-order chi connectivity index (χ0) is 31.0. The summed E-state index contributed by atoms with van der Waals surface area (Å²) in [6.45, 7) is 5.03. The molecular weight excluding hydrogens is 592 g/mol. The number of pyridine rings is 3. The Hall–Kier alpha value is -5.07. The molecule has 0 radical (unpaired) electrons. The average molecular weight is 643 g/mol. The lowest BCUT2D eigenvalue weighted by atomic mass is 10.1. The fraction of sp³-hybridized carbons (Fsp3) is 0.262. The Morgan fingerprint density at radius 2 is 1.21 bits per heavy atom. The molecule has 0 spiro atoms. The van der Waals surface area contributed by atoms with Crippen LogP contribution < -0.4 is 15.2 Å². The molecule has 3 heterocycles. The molecule has 0 bridgehead atoms. The molecule has 3 aliphatic carbocycles. The van der Waals surface area contributed by atoms with E-state index in [0.29, 0.717) is 18.3 Å². The van der Waals surface area contributed by atoms with E-state index < -0.39 is 0 Å². The summed E-state index contributed by atoms with van der Waals surface area (Å²) in [5.74, 6) is 3.72. The number of rotatable bonds is 5. The number of ether oxygens (including phenoxy) is 2. The van der Waals surface area contributed by atoms with Crippen LogP contribution >= 0.6 is 0 Å². The van der Waals surface area contributed by atoms with Gasteiger partial charge in [-0.2, -0.15) is 0 Å². The largest absolute Gasteiger partial charge is 0.439 e. The molecule has 3 aromatic heterocycles. The summed E-state index contributed by atoms with van der Waals surface area (Å²) in [5.41, 5.74) is 16.1. The predicted octanol–water partition coefficient (Wildman–Crippen LogP) is 10.3. The van der Waals surface area contributed by atoms with E-state index in [0.717, 1.165) is 35.8 Å². The van der Waals surface area contributed by atoms with Crippen LogP contribution in [0.5, 0.6) is 23.3 Å². The lowest BCUT2D eigenvalue weighted by Gasteiger charge is -2.05. The molecule has 48 heavy (non-hydrogen) atoms. The molecule has 0 aliphatic heterocycles. The van der Waals surface area contributed by atoms with Gasteiger partial charge >= 0.3 is 0 Å². The van der Waals surface area contributed by atoms with E-state index in [1.807, 2.05) is 97.6 Å². The molecule has 6 nitrogen and oxygen atoms in total. The van der Waals surface area contributed by atoms with Crippen LogP contribution in [0.2, 0.25) is 0 Å². The van der Waals surface area contributed by atoms with Gasteiger partial charge in [-0.1, -0.05) is 88.9 Å². The third kappa shape index (κ3) is 9.72. The van der Waals surface area contributed by atoms with Gasteiger partial charge in [0.2, 0.25) is 11.8 Å². The molecule has 2 aromatic carbocycles. The van der Waals surface area contributed by atoms with Gasteiger partial charge in [-0.15, -0.1) is 0 Å². The van der Waals surface area contributed by atoms with Gasteiger partial charge in [0, 0.05) is 43.5 Å². The first-order valence-electron chi connectivity index (χ1n) is 15.4. The van der Waals surface area contributed by atoms with Crippen molar-refractivity contribution in [3.8, 4) is 23.3 Å². The van der Waals surface area contributed by atoms with Crippen molar-refractivity contribution >= 4 is 12.2 Å². The minimum atomic E-state index is 0. The first-order chi connectivity index (χ1) is 22.0. The summed E-state index contributed by atoms with van der Waals surface area (Å²) in [6.07, 6.45) is 16.4. The quantitative estimate of drug-likeness (QED) is 0.205. The van der Waals surface area contributed by atoms with Crippen molar-refractivity contribution in [2.75, 3.05) is 6.54 Å². The van der Waals surface area contributed by atoms with E-state index in [1.165, 1.54) is 51.8 Å². The number of allylic oxidation sites excluding steroid dienone is 1. The van der Waals surface area contributed by atoms with Gasteiger partial charge < -0.3 is 15.2 Å². The van der Waals surface area contributed by atoms with Gasteiger partial charge in [0.05, 0.1) is 0 Å². The third-order valence-electron chi connectivity index (χ3n) is 7.98. The van der Waals surface area contributed by atoms with Crippen molar-refractivity contribution in [1.82, 2.24) is 15.0 Å². The minimum Gasteiger partial charge on any atom is -0.439 e. The van der Waals surface area contributed by atoms with Crippen LogP contribution in [-0.4, -0.2) is 21.5 Å². The zero-order valence-electron chi connectivity index (χ0n) is 25.8. The van der Waals surface area contributed by atoms with Crippen LogP contribution in [0.25, 0.3) is 12.2 Å². The summed E-state index contributed by atoms with van der Waals surface area (Å²) < 4.78 is 11.4. The molecule has 0 saturated heterocycles. The van der Waals surface area contributed by atoms with Crippen molar-refractivity contribution < 1.29 is 9.47 Å². The summed E-state index contributed by atoms with van der Waals surface area (Å²) in [6, 6.07) is 25.5. The average Bonchev–Trinajstić information content (AvgIpc) is 3.76. The molecular formula is C42H50N4O2. The van der Waals surface area contributed by atoms with Gasteiger partial charge in [0.15, 0.2) is 0 Å². The van der Waals surface area contributed by atoms with Crippen LogP contribution in [0.1, 0.15) is 69.5 Å². The van der Waals surface area contributed by atoms with Gasteiger partial charge in [-0.3, -0.25) is 4.98 Å². The smallest absolute Gasteiger partial charge is 0.219 e. The van der Waals surface area contributed by atoms with Gasteiger partial charge in [0.1, 0.15) is 11.5 Å². The van der Waals surface area contributed by atoms with Gasteiger partial charge in [-0.05, 0) is 102 Å². The molecule has 1 unspecified atom stereocenters. The highest BCUT2D eigenvalue weighted by molar-refractivity contribution is 5.65. The summed E-state index contributed by atoms with van der Waals surface area (Å²) >= 11 is 0. The van der Waals surface area contributed by atoms with E-state index in [-0.39, 0.29) is 22.3 Å². The standard InChI is InChI=1S/C15H14N2O.C15H13NO.C9H11N.3CH4/c16-9-11-6-12-8-15(17-10-13(12)7-11)18-14-4-2-1-3-5-14;1-11-7-12-9-15(16-10-13(12)8-11)17-14-5-3-2-4-6-14;1-7-4-8-2-3-10-6-9(8)5-7;;;/h1-6,8,10H,7,9,16H2;2-7,9-10H,8H2,1H3;2-3,6-7H,4-5H2,1H3;3*1H4. The van der Waals surface area contributed by atoms with Gasteiger partial charge in [0.25, 0.3) is 0 Å². The summed E-state index contributed by atoms with van der Waals surface area (Å²) in [4.78, 5) is 12.7. The second kappa shape index (κ2) is 17.7. The number of fused-ring (bicyclic) bond motifs is 3. The van der Waals surface area contributed by atoms with E-state index in [4.69, 9.17) is 15.2 Å². The van der Waals surface area contributed by atoms with E-state index in [1.54, 1.807) is 0 Å². The topological polar surface area (TPSA) is 83.2 Å². The van der Waals surface area contributed by atoms with Crippen LogP contribution in [0, 0.1) is 5.92 Å². The normalized spacial score (nSPS) is 14.3. The summed E-state index contributed by atoms with van der Waals surface area (Å²) in [7, 11) is 0. The highest BCUT2D eigenvalue weighted by Gasteiger charge is 2.16. The molecule has 5 aromatic rings. The number of nitrogens with zero attached hydrogens (tertiary/aromatic N) is 3. The molecule has 0 saturated carbocycles. The predicted molar refractivity (Wildman–Crippen MR) is 201 cm³/mol. The Balaban J connectivity index is 0.000000196. The maximum atomic E-state index is 5.70. The molecule has 250 valence electrons. The lowest BCUT2D eigenvalue weighted by molar-refractivity contribution is 0.462. The van der Waals surface area contributed by atoms with Crippen molar-refractivity contribution in [2.45, 2.75) is 61.8 Å². The second-order valence-corrected chi connectivity index (χ2v) is 11.8. The third-order valence-corrected chi connectivity index (χ3v) is 7.98. The van der Waals surface area contributed by atoms with E-state index in [2.05, 4.69) is 47.0 Å². The SMILES string of the molecule is C.C.C.CC1=Cc2cc(Oc3ccccc3)ncc2C1.CC1Cc2ccncc2C1.NCC1=Cc2cc(Oc3ccccc3)ncc2C1. The number of hydrogen-bond acceptors (Lipinski definition) is 6.